The van der Waals surface area contributed by atoms with Crippen molar-refractivity contribution in [1.82, 2.24) is 5.32 Å². The monoisotopic (exact) mass is 435 g/mol. The van der Waals surface area contributed by atoms with Crippen molar-refractivity contribution in [3.63, 3.8) is 0 Å². The fourth-order valence-electron chi connectivity index (χ4n) is 3.26. The average molecular weight is 436 g/mol. The number of anilines is 2. The number of amides is 2. The van der Waals surface area contributed by atoms with Crippen LogP contribution in [-0.2, 0) is 16.0 Å². The Balaban J connectivity index is 1.52. The lowest BCUT2D eigenvalue weighted by Crippen LogP contribution is -2.29. The Bertz CT molecular complexity index is 990. The number of carbonyl (C=O) groups is 2. The molecule has 0 saturated carbocycles. The van der Waals surface area contributed by atoms with E-state index >= 15 is 0 Å². The second-order valence-electron chi connectivity index (χ2n) is 7.30. The van der Waals surface area contributed by atoms with Crippen molar-refractivity contribution in [2.24, 2.45) is 0 Å². The van der Waals surface area contributed by atoms with E-state index in [9.17, 15) is 9.59 Å². The van der Waals surface area contributed by atoms with E-state index in [0.29, 0.717) is 10.7 Å². The van der Waals surface area contributed by atoms with Crippen LogP contribution in [0.1, 0.15) is 30.5 Å². The average Bonchev–Trinajstić information content (AvgIpc) is 2.75. The molecule has 5 nitrogen and oxygen atoms in total. The zero-order valence-corrected chi connectivity index (χ0v) is 18.2. The van der Waals surface area contributed by atoms with E-state index in [4.69, 9.17) is 11.6 Å². The van der Waals surface area contributed by atoms with Gasteiger partial charge in [-0.05, 0) is 53.9 Å². The molecular weight excluding hydrogens is 410 g/mol. The molecule has 0 aliphatic carbocycles. The van der Waals surface area contributed by atoms with Gasteiger partial charge >= 0.3 is 0 Å². The predicted octanol–water partition coefficient (Wildman–Crippen LogP) is 5.20. The van der Waals surface area contributed by atoms with Crippen molar-refractivity contribution in [2.75, 3.05) is 17.2 Å². The molecule has 2 amide bonds. The molecule has 0 aliphatic rings. The largest absolute Gasteiger partial charge is 0.385 e. The van der Waals surface area contributed by atoms with Gasteiger partial charge in [0, 0.05) is 29.9 Å². The third-order valence-electron chi connectivity index (χ3n) is 4.79. The number of rotatable bonds is 9. The SMILES string of the molecule is CC(=O)NC(CC(=O)Nc1ccc(NCCc2ccccc2)cc1)c1ccc(Cl)cc1. The summed E-state index contributed by atoms with van der Waals surface area (Å²) >= 11 is 5.94. The number of hydrogen-bond acceptors (Lipinski definition) is 3. The van der Waals surface area contributed by atoms with E-state index in [1.807, 2.05) is 54.6 Å². The molecule has 1 atom stereocenters. The lowest BCUT2D eigenvalue weighted by Gasteiger charge is -2.18. The van der Waals surface area contributed by atoms with Crippen LogP contribution >= 0.6 is 11.6 Å². The van der Waals surface area contributed by atoms with Crippen molar-refractivity contribution >= 4 is 34.8 Å². The molecule has 0 bridgehead atoms. The standard InChI is InChI=1S/C25H26ClN3O2/c1-18(30)28-24(20-7-9-21(26)10-8-20)17-25(31)29-23-13-11-22(12-14-23)27-16-15-19-5-3-2-4-6-19/h2-14,24,27H,15-17H2,1H3,(H,28,30)(H,29,31). The maximum absolute atomic E-state index is 12.6. The fraction of sp³-hybridized carbons (Fsp3) is 0.200. The number of hydrogen-bond donors (Lipinski definition) is 3. The van der Waals surface area contributed by atoms with Gasteiger partial charge in [0.1, 0.15) is 0 Å². The lowest BCUT2D eigenvalue weighted by atomic mass is 10.0. The van der Waals surface area contributed by atoms with E-state index in [0.717, 1.165) is 24.2 Å². The van der Waals surface area contributed by atoms with Gasteiger partial charge in [0.2, 0.25) is 11.8 Å². The topological polar surface area (TPSA) is 70.2 Å². The molecule has 6 heteroatoms. The zero-order valence-electron chi connectivity index (χ0n) is 17.4. The van der Waals surface area contributed by atoms with Gasteiger partial charge in [0.25, 0.3) is 0 Å². The summed E-state index contributed by atoms with van der Waals surface area (Å²) in [6.45, 7) is 2.26. The van der Waals surface area contributed by atoms with Gasteiger partial charge in [-0.1, -0.05) is 54.1 Å². The van der Waals surface area contributed by atoms with Gasteiger partial charge in [-0.3, -0.25) is 9.59 Å². The van der Waals surface area contributed by atoms with Crippen molar-refractivity contribution in [2.45, 2.75) is 25.8 Å². The highest BCUT2D eigenvalue weighted by atomic mass is 35.5. The molecule has 1 unspecified atom stereocenters. The number of nitrogens with one attached hydrogen (secondary N) is 3. The fourth-order valence-corrected chi connectivity index (χ4v) is 3.38. The van der Waals surface area contributed by atoms with E-state index < -0.39 is 6.04 Å². The molecule has 3 aromatic carbocycles. The molecule has 0 saturated heterocycles. The Labute approximate surface area is 187 Å². The Morgan fingerprint density at radius 3 is 2.16 bits per heavy atom. The summed E-state index contributed by atoms with van der Waals surface area (Å²) in [5.41, 5.74) is 3.81. The summed E-state index contributed by atoms with van der Waals surface area (Å²) in [6, 6.07) is 24.6. The maximum Gasteiger partial charge on any atom is 0.226 e. The van der Waals surface area contributed by atoms with Crippen LogP contribution in [0.3, 0.4) is 0 Å². The predicted molar refractivity (Wildman–Crippen MR) is 126 cm³/mol. The highest BCUT2D eigenvalue weighted by Gasteiger charge is 2.17. The minimum atomic E-state index is -0.423. The van der Waals surface area contributed by atoms with Crippen molar-refractivity contribution in [3.8, 4) is 0 Å². The van der Waals surface area contributed by atoms with E-state index in [1.54, 1.807) is 12.1 Å². The first-order valence-electron chi connectivity index (χ1n) is 10.2. The molecule has 3 N–H and O–H groups in total. The third-order valence-corrected chi connectivity index (χ3v) is 5.05. The Morgan fingerprint density at radius 2 is 1.52 bits per heavy atom. The van der Waals surface area contributed by atoms with E-state index in [1.165, 1.54) is 12.5 Å². The maximum atomic E-state index is 12.6. The van der Waals surface area contributed by atoms with Crippen LogP contribution in [-0.4, -0.2) is 18.4 Å². The van der Waals surface area contributed by atoms with Gasteiger partial charge in [-0.15, -0.1) is 0 Å². The first-order chi connectivity index (χ1) is 15.0. The molecule has 160 valence electrons. The van der Waals surface area contributed by atoms with Gasteiger partial charge < -0.3 is 16.0 Å². The van der Waals surface area contributed by atoms with Crippen LogP contribution in [0, 0.1) is 0 Å². The summed E-state index contributed by atoms with van der Waals surface area (Å²) in [5.74, 6) is -0.378. The molecular formula is C25H26ClN3O2. The summed E-state index contributed by atoms with van der Waals surface area (Å²) in [4.78, 5) is 24.1. The highest BCUT2D eigenvalue weighted by Crippen LogP contribution is 2.21. The molecule has 3 rings (SSSR count). The summed E-state index contributed by atoms with van der Waals surface area (Å²) in [7, 11) is 0. The van der Waals surface area contributed by atoms with Gasteiger partial charge in [-0.2, -0.15) is 0 Å². The lowest BCUT2D eigenvalue weighted by molar-refractivity contribution is -0.120. The number of carbonyl (C=O) groups excluding carboxylic acids is 2. The molecule has 0 fully saturated rings. The minimum absolute atomic E-state index is 0.123. The normalized spacial score (nSPS) is 11.4. The Morgan fingerprint density at radius 1 is 0.871 bits per heavy atom. The first-order valence-corrected chi connectivity index (χ1v) is 10.6. The Hall–Kier alpha value is -3.31. The van der Waals surface area contributed by atoms with Crippen LogP contribution in [0.15, 0.2) is 78.9 Å². The van der Waals surface area contributed by atoms with Crippen molar-refractivity contribution < 1.29 is 9.59 Å². The zero-order chi connectivity index (χ0) is 22.1. The van der Waals surface area contributed by atoms with Crippen LogP contribution < -0.4 is 16.0 Å². The van der Waals surface area contributed by atoms with Gasteiger partial charge in [0.05, 0.1) is 12.5 Å². The summed E-state index contributed by atoms with van der Waals surface area (Å²) in [5, 5.41) is 9.70. The van der Waals surface area contributed by atoms with E-state index in [2.05, 4.69) is 28.1 Å². The summed E-state index contributed by atoms with van der Waals surface area (Å²) in [6.07, 6.45) is 1.06. The first kappa shape index (κ1) is 22.4. The number of halogens is 1. The quantitative estimate of drug-likeness (QED) is 0.432. The van der Waals surface area contributed by atoms with Crippen LogP contribution in [0.5, 0.6) is 0 Å². The number of benzene rings is 3. The van der Waals surface area contributed by atoms with Crippen LogP contribution in [0.25, 0.3) is 0 Å². The molecule has 3 aromatic rings. The van der Waals surface area contributed by atoms with Crippen molar-refractivity contribution in [1.29, 1.82) is 0 Å². The molecule has 0 radical (unpaired) electrons. The summed E-state index contributed by atoms with van der Waals surface area (Å²) < 4.78 is 0. The second-order valence-corrected chi connectivity index (χ2v) is 7.73. The minimum Gasteiger partial charge on any atom is -0.385 e. The third kappa shape index (κ3) is 7.46. The molecule has 0 aromatic heterocycles. The molecule has 0 spiro atoms. The Kier molecular flexibility index (Phi) is 8.07. The van der Waals surface area contributed by atoms with Gasteiger partial charge in [0.15, 0.2) is 0 Å². The van der Waals surface area contributed by atoms with Crippen LogP contribution in [0.2, 0.25) is 5.02 Å². The molecule has 31 heavy (non-hydrogen) atoms. The smallest absolute Gasteiger partial charge is 0.226 e. The van der Waals surface area contributed by atoms with E-state index in [-0.39, 0.29) is 18.2 Å². The van der Waals surface area contributed by atoms with Crippen LogP contribution in [0.4, 0.5) is 11.4 Å². The molecule has 0 heterocycles. The highest BCUT2D eigenvalue weighted by molar-refractivity contribution is 6.30. The second kappa shape index (κ2) is 11.2. The van der Waals surface area contributed by atoms with Crippen molar-refractivity contribution in [3.05, 3.63) is 95.0 Å². The molecule has 0 aliphatic heterocycles. The van der Waals surface area contributed by atoms with Gasteiger partial charge in [-0.25, -0.2) is 0 Å².